The quantitative estimate of drug-likeness (QED) is 0.619. The second-order valence-electron chi connectivity index (χ2n) is 9.71. The SMILES string of the molecule is CO[C@H]1CN(C)C(=O)c2cc(NS(C)(=O)=O)ccc2OC[C@H](C)N(C(=O)c2ccc3c(c2)OCO3)C[C@@H]1C. The van der Waals surface area contributed by atoms with E-state index in [1.54, 1.807) is 43.3 Å². The Morgan fingerprint density at radius 2 is 1.74 bits per heavy atom. The fraction of sp³-hybridized carbons (Fsp3) is 0.462. The lowest BCUT2D eigenvalue weighted by Gasteiger charge is -2.36. The van der Waals surface area contributed by atoms with Crippen molar-refractivity contribution in [3.8, 4) is 17.2 Å². The third-order valence-corrected chi connectivity index (χ3v) is 7.23. The lowest BCUT2D eigenvalue weighted by Crippen LogP contribution is -2.48. The van der Waals surface area contributed by atoms with Gasteiger partial charge in [0, 0.05) is 44.4 Å². The van der Waals surface area contributed by atoms with Gasteiger partial charge in [-0.25, -0.2) is 8.42 Å². The van der Waals surface area contributed by atoms with Crippen molar-refractivity contribution in [2.24, 2.45) is 5.92 Å². The molecule has 0 fully saturated rings. The zero-order valence-corrected chi connectivity index (χ0v) is 22.9. The topological polar surface area (TPSA) is 124 Å². The Balaban J connectivity index is 1.68. The van der Waals surface area contributed by atoms with Gasteiger partial charge in [-0.05, 0) is 43.3 Å². The molecule has 206 valence electrons. The maximum Gasteiger partial charge on any atom is 0.257 e. The summed E-state index contributed by atoms with van der Waals surface area (Å²) in [4.78, 5) is 30.3. The van der Waals surface area contributed by atoms with Gasteiger partial charge in [-0.2, -0.15) is 0 Å². The number of ether oxygens (including phenoxy) is 4. The van der Waals surface area contributed by atoms with E-state index in [0.717, 1.165) is 6.26 Å². The van der Waals surface area contributed by atoms with Crippen molar-refractivity contribution in [3.63, 3.8) is 0 Å². The molecule has 0 unspecified atom stereocenters. The van der Waals surface area contributed by atoms with Gasteiger partial charge in [0.15, 0.2) is 11.5 Å². The molecule has 1 N–H and O–H groups in total. The van der Waals surface area contributed by atoms with Crippen LogP contribution in [0.2, 0.25) is 0 Å². The maximum absolute atomic E-state index is 13.7. The molecular weight excluding hydrogens is 514 g/mol. The lowest BCUT2D eigenvalue weighted by atomic mass is 10.0. The number of sulfonamides is 1. The van der Waals surface area contributed by atoms with Crippen LogP contribution in [0.1, 0.15) is 34.6 Å². The smallest absolute Gasteiger partial charge is 0.257 e. The highest BCUT2D eigenvalue weighted by Gasteiger charge is 2.31. The molecule has 0 bridgehead atoms. The number of carbonyl (C=O) groups is 2. The molecule has 0 aromatic heterocycles. The number of rotatable bonds is 4. The van der Waals surface area contributed by atoms with Gasteiger partial charge >= 0.3 is 0 Å². The number of carbonyl (C=O) groups excluding carboxylic acids is 2. The normalized spacial score (nSPS) is 22.1. The standard InChI is InChI=1S/C26H33N3O8S/c1-16-12-29(25(30)18-6-8-22-23(10-18)37-15-36-22)17(2)14-35-21-9-7-19(27-38(5,32)33)11-20(21)26(31)28(3)13-24(16)34-4/h6-11,16-17,24,27H,12-15H2,1-5H3/t16-,17-,24-/m0/s1. The van der Waals surface area contributed by atoms with Crippen molar-refractivity contribution in [3.05, 3.63) is 47.5 Å². The van der Waals surface area contributed by atoms with Gasteiger partial charge in [-0.15, -0.1) is 0 Å². The Bertz CT molecular complexity index is 1320. The van der Waals surface area contributed by atoms with Crippen molar-refractivity contribution in [2.75, 3.05) is 51.6 Å². The number of amides is 2. The highest BCUT2D eigenvalue weighted by Crippen LogP contribution is 2.33. The molecule has 0 saturated heterocycles. The van der Waals surface area contributed by atoms with Crippen molar-refractivity contribution < 1.29 is 37.0 Å². The van der Waals surface area contributed by atoms with E-state index in [0.29, 0.717) is 23.6 Å². The summed E-state index contributed by atoms with van der Waals surface area (Å²) in [5.41, 5.74) is 0.900. The predicted molar refractivity (Wildman–Crippen MR) is 140 cm³/mol. The third kappa shape index (κ3) is 6.13. The first kappa shape index (κ1) is 27.5. The molecule has 4 rings (SSSR count). The largest absolute Gasteiger partial charge is 0.491 e. The summed E-state index contributed by atoms with van der Waals surface area (Å²) in [5.74, 6) is 0.722. The number of anilines is 1. The predicted octanol–water partition coefficient (Wildman–Crippen LogP) is 2.43. The molecule has 0 spiro atoms. The second-order valence-corrected chi connectivity index (χ2v) is 11.5. The number of methoxy groups -OCH3 is 1. The average Bonchev–Trinajstić information content (AvgIpc) is 3.34. The van der Waals surface area contributed by atoms with Gasteiger partial charge in [0.25, 0.3) is 11.8 Å². The molecule has 2 aromatic carbocycles. The molecule has 11 nitrogen and oxygen atoms in total. The molecule has 12 heteroatoms. The maximum atomic E-state index is 13.7. The van der Waals surface area contributed by atoms with Gasteiger partial charge in [-0.1, -0.05) is 6.92 Å². The van der Waals surface area contributed by atoms with Crippen LogP contribution >= 0.6 is 0 Å². The highest BCUT2D eigenvalue weighted by atomic mass is 32.2. The van der Waals surface area contributed by atoms with Crippen LogP contribution in [0.15, 0.2) is 36.4 Å². The van der Waals surface area contributed by atoms with Crippen LogP contribution in [0.25, 0.3) is 0 Å². The van der Waals surface area contributed by atoms with Gasteiger partial charge < -0.3 is 28.7 Å². The summed E-state index contributed by atoms with van der Waals surface area (Å²) < 4.78 is 48.5. The first-order valence-electron chi connectivity index (χ1n) is 12.2. The van der Waals surface area contributed by atoms with Crippen LogP contribution in [0, 0.1) is 5.92 Å². The number of benzene rings is 2. The Morgan fingerprint density at radius 3 is 2.45 bits per heavy atom. The number of hydrogen-bond acceptors (Lipinski definition) is 8. The van der Waals surface area contributed by atoms with E-state index in [4.69, 9.17) is 18.9 Å². The molecule has 3 atom stereocenters. The molecular formula is C26H33N3O8S. The molecule has 2 aliphatic rings. The number of likely N-dealkylation sites (N-methyl/N-ethyl adjacent to an activating group) is 1. The monoisotopic (exact) mass is 547 g/mol. The van der Waals surface area contributed by atoms with Gasteiger partial charge in [-0.3, -0.25) is 14.3 Å². The minimum atomic E-state index is -3.55. The van der Waals surface area contributed by atoms with Crippen LogP contribution in [-0.4, -0.2) is 89.1 Å². The fourth-order valence-corrected chi connectivity index (χ4v) is 5.09. The minimum Gasteiger partial charge on any atom is -0.491 e. The average molecular weight is 548 g/mol. The molecule has 38 heavy (non-hydrogen) atoms. The molecule has 2 heterocycles. The van der Waals surface area contributed by atoms with Gasteiger partial charge in [0.2, 0.25) is 16.8 Å². The summed E-state index contributed by atoms with van der Waals surface area (Å²) >= 11 is 0. The number of fused-ring (bicyclic) bond motifs is 2. The summed E-state index contributed by atoms with van der Waals surface area (Å²) in [5, 5.41) is 0. The van der Waals surface area contributed by atoms with Crippen LogP contribution < -0.4 is 18.9 Å². The first-order valence-corrected chi connectivity index (χ1v) is 14.1. The molecule has 2 aromatic rings. The highest BCUT2D eigenvalue weighted by molar-refractivity contribution is 7.92. The summed E-state index contributed by atoms with van der Waals surface area (Å²) in [7, 11) is -0.330. The molecule has 0 aliphatic carbocycles. The van der Waals surface area contributed by atoms with Crippen LogP contribution in [-0.2, 0) is 14.8 Å². The number of nitrogens with zero attached hydrogens (tertiary/aromatic N) is 2. The van der Waals surface area contributed by atoms with Gasteiger partial charge in [0.05, 0.1) is 24.0 Å². The first-order chi connectivity index (χ1) is 18.0. The Morgan fingerprint density at radius 1 is 1.03 bits per heavy atom. The van der Waals surface area contributed by atoms with E-state index in [1.165, 1.54) is 17.0 Å². The van der Waals surface area contributed by atoms with E-state index in [-0.39, 0.29) is 66.8 Å². The van der Waals surface area contributed by atoms with E-state index < -0.39 is 10.0 Å². The Labute approximate surface area is 222 Å². The van der Waals surface area contributed by atoms with Gasteiger partial charge in [0.1, 0.15) is 12.4 Å². The fourth-order valence-electron chi connectivity index (χ4n) is 4.53. The van der Waals surface area contributed by atoms with E-state index in [2.05, 4.69) is 4.72 Å². The van der Waals surface area contributed by atoms with Crippen molar-refractivity contribution in [2.45, 2.75) is 26.0 Å². The number of nitrogens with one attached hydrogen (secondary N) is 1. The molecule has 2 amide bonds. The zero-order chi connectivity index (χ0) is 27.6. The van der Waals surface area contributed by atoms with Crippen molar-refractivity contribution in [1.29, 1.82) is 0 Å². The summed E-state index contributed by atoms with van der Waals surface area (Å²) in [6, 6.07) is 9.25. The van der Waals surface area contributed by atoms with Crippen LogP contribution in [0.3, 0.4) is 0 Å². The molecule has 2 aliphatic heterocycles. The zero-order valence-electron chi connectivity index (χ0n) is 22.1. The van der Waals surface area contributed by atoms with Crippen molar-refractivity contribution >= 4 is 27.5 Å². The van der Waals surface area contributed by atoms with E-state index in [9.17, 15) is 18.0 Å². The molecule has 0 radical (unpaired) electrons. The molecule has 0 saturated carbocycles. The Kier molecular flexibility index (Phi) is 8.02. The minimum absolute atomic E-state index is 0.101. The Hall–Kier alpha value is -3.51. The van der Waals surface area contributed by atoms with Crippen LogP contribution in [0.4, 0.5) is 5.69 Å². The van der Waals surface area contributed by atoms with Crippen molar-refractivity contribution in [1.82, 2.24) is 9.80 Å². The third-order valence-electron chi connectivity index (χ3n) is 6.63. The van der Waals surface area contributed by atoms with E-state index >= 15 is 0 Å². The summed E-state index contributed by atoms with van der Waals surface area (Å²) in [6.45, 7) is 4.67. The number of hydrogen-bond donors (Lipinski definition) is 1. The van der Waals surface area contributed by atoms with Crippen LogP contribution in [0.5, 0.6) is 17.2 Å². The lowest BCUT2D eigenvalue weighted by molar-refractivity contribution is 0.0111. The van der Waals surface area contributed by atoms with E-state index in [1.807, 2.05) is 13.8 Å². The summed E-state index contributed by atoms with van der Waals surface area (Å²) in [6.07, 6.45) is 0.666. The second kappa shape index (κ2) is 11.1.